The summed E-state index contributed by atoms with van der Waals surface area (Å²) >= 11 is 0. The predicted octanol–water partition coefficient (Wildman–Crippen LogP) is 2.14. The van der Waals surface area contributed by atoms with Crippen LogP contribution < -0.4 is 0 Å². The molecule has 3 rings (SSSR count). The molecule has 6 nitrogen and oxygen atoms in total. The molecule has 1 aromatic carbocycles. The fourth-order valence-electron chi connectivity index (χ4n) is 4.01. The second-order valence-corrected chi connectivity index (χ2v) is 7.45. The molecule has 2 heterocycles. The van der Waals surface area contributed by atoms with Crippen molar-refractivity contribution in [1.82, 2.24) is 9.80 Å². The molecule has 160 valence electrons. The maximum Gasteiger partial charge on any atom is 0.416 e. The van der Waals surface area contributed by atoms with E-state index in [1.165, 1.54) is 19.2 Å². The number of hydrogen-bond donors (Lipinski definition) is 0. The number of nitrogens with zero attached hydrogens (tertiary/aromatic N) is 2. The van der Waals surface area contributed by atoms with Crippen LogP contribution in [0, 0.1) is 5.92 Å². The van der Waals surface area contributed by atoms with E-state index in [1.807, 2.05) is 0 Å². The van der Waals surface area contributed by atoms with Gasteiger partial charge in [-0.05, 0) is 17.5 Å². The standard InChI is InChI=1S/C20H25F3N2O4/c1-28-19(27)10-18(26)25-12-15(11-24-5-7-29-8-6-24)17(13-25)14-3-2-4-16(9-14)20(21,22)23/h2-4,9,15,17H,5-8,10-13H2,1H3. The highest BCUT2D eigenvalue weighted by Crippen LogP contribution is 2.37. The van der Waals surface area contributed by atoms with Crippen molar-refractivity contribution < 1.29 is 32.2 Å². The highest BCUT2D eigenvalue weighted by molar-refractivity contribution is 5.94. The number of carbonyl (C=O) groups excluding carboxylic acids is 2. The number of benzene rings is 1. The van der Waals surface area contributed by atoms with E-state index < -0.39 is 17.7 Å². The van der Waals surface area contributed by atoms with E-state index >= 15 is 0 Å². The Morgan fingerprint density at radius 3 is 2.59 bits per heavy atom. The molecule has 0 bridgehead atoms. The van der Waals surface area contributed by atoms with Crippen LogP contribution in [0.2, 0.25) is 0 Å². The Balaban J connectivity index is 1.80. The van der Waals surface area contributed by atoms with Gasteiger partial charge in [-0.1, -0.05) is 18.2 Å². The third kappa shape index (κ3) is 5.48. The minimum atomic E-state index is -4.42. The number of morpholine rings is 1. The molecule has 1 amide bonds. The SMILES string of the molecule is COC(=O)CC(=O)N1CC(CN2CCOCC2)C(c2cccc(C(F)(F)F)c2)C1. The second-order valence-electron chi connectivity index (χ2n) is 7.45. The Kier molecular flexibility index (Phi) is 6.79. The maximum absolute atomic E-state index is 13.2. The summed E-state index contributed by atoms with van der Waals surface area (Å²) in [6.45, 7) is 4.08. The lowest BCUT2D eigenvalue weighted by atomic mass is 9.87. The first-order valence-corrected chi connectivity index (χ1v) is 9.59. The van der Waals surface area contributed by atoms with Crippen LogP contribution in [0.4, 0.5) is 13.2 Å². The zero-order chi connectivity index (χ0) is 21.0. The lowest BCUT2D eigenvalue weighted by molar-refractivity contribution is -0.146. The number of hydrogen-bond acceptors (Lipinski definition) is 5. The molecule has 0 radical (unpaired) electrons. The van der Waals surface area contributed by atoms with E-state index in [1.54, 1.807) is 11.0 Å². The van der Waals surface area contributed by atoms with Gasteiger partial charge in [0.1, 0.15) is 6.42 Å². The Hall–Kier alpha value is -2.13. The number of ether oxygens (including phenoxy) is 2. The largest absolute Gasteiger partial charge is 0.469 e. The van der Waals surface area contributed by atoms with Crippen LogP contribution in [-0.4, -0.2) is 74.7 Å². The number of methoxy groups -OCH3 is 1. The number of likely N-dealkylation sites (tertiary alicyclic amines) is 1. The van der Waals surface area contributed by atoms with Crippen LogP contribution in [-0.2, 0) is 25.2 Å². The van der Waals surface area contributed by atoms with Gasteiger partial charge in [-0.25, -0.2) is 0 Å². The Labute approximate surface area is 167 Å². The molecular weight excluding hydrogens is 389 g/mol. The van der Waals surface area contributed by atoms with Gasteiger partial charge >= 0.3 is 12.1 Å². The quantitative estimate of drug-likeness (QED) is 0.546. The summed E-state index contributed by atoms with van der Waals surface area (Å²) in [6, 6.07) is 5.31. The van der Waals surface area contributed by atoms with Crippen molar-refractivity contribution in [2.75, 3.05) is 53.0 Å². The van der Waals surface area contributed by atoms with Crippen molar-refractivity contribution in [3.63, 3.8) is 0 Å². The van der Waals surface area contributed by atoms with Crippen LogP contribution in [0.25, 0.3) is 0 Å². The first kappa shape index (κ1) is 21.6. The van der Waals surface area contributed by atoms with E-state index in [2.05, 4.69) is 9.64 Å². The van der Waals surface area contributed by atoms with Crippen molar-refractivity contribution >= 4 is 11.9 Å². The fraction of sp³-hybridized carbons (Fsp3) is 0.600. The molecule has 2 atom stereocenters. The molecule has 0 aromatic heterocycles. The Morgan fingerprint density at radius 1 is 1.21 bits per heavy atom. The van der Waals surface area contributed by atoms with Crippen LogP contribution >= 0.6 is 0 Å². The molecule has 0 aliphatic carbocycles. The van der Waals surface area contributed by atoms with E-state index in [9.17, 15) is 22.8 Å². The molecular formula is C20H25F3N2O4. The molecule has 2 aliphatic heterocycles. The lowest BCUT2D eigenvalue weighted by Gasteiger charge is -2.31. The lowest BCUT2D eigenvalue weighted by Crippen LogP contribution is -2.41. The van der Waals surface area contributed by atoms with E-state index in [4.69, 9.17) is 4.74 Å². The van der Waals surface area contributed by atoms with Crippen molar-refractivity contribution in [2.45, 2.75) is 18.5 Å². The van der Waals surface area contributed by atoms with Gasteiger partial charge in [-0.3, -0.25) is 14.5 Å². The van der Waals surface area contributed by atoms with Crippen LogP contribution in [0.15, 0.2) is 24.3 Å². The molecule has 2 saturated heterocycles. The molecule has 2 unspecified atom stereocenters. The first-order chi connectivity index (χ1) is 13.8. The number of carbonyl (C=O) groups is 2. The van der Waals surface area contributed by atoms with Gasteiger partial charge in [0.05, 0.1) is 25.9 Å². The highest BCUT2D eigenvalue weighted by atomic mass is 19.4. The molecule has 0 saturated carbocycles. The van der Waals surface area contributed by atoms with Gasteiger partial charge in [0.25, 0.3) is 0 Å². The van der Waals surface area contributed by atoms with Gasteiger partial charge in [0.2, 0.25) is 5.91 Å². The molecule has 0 N–H and O–H groups in total. The van der Waals surface area contributed by atoms with Crippen LogP contribution in [0.5, 0.6) is 0 Å². The van der Waals surface area contributed by atoms with Gasteiger partial charge < -0.3 is 14.4 Å². The van der Waals surface area contributed by atoms with Crippen molar-refractivity contribution in [3.8, 4) is 0 Å². The minimum Gasteiger partial charge on any atom is -0.469 e. The van der Waals surface area contributed by atoms with Crippen molar-refractivity contribution in [3.05, 3.63) is 35.4 Å². The topological polar surface area (TPSA) is 59.1 Å². The second kappa shape index (κ2) is 9.13. The summed E-state index contributed by atoms with van der Waals surface area (Å²) < 4.78 is 49.4. The van der Waals surface area contributed by atoms with Crippen LogP contribution in [0.1, 0.15) is 23.5 Å². The minimum absolute atomic E-state index is 0.0295. The average Bonchev–Trinajstić information content (AvgIpc) is 3.12. The van der Waals surface area contributed by atoms with Crippen molar-refractivity contribution in [1.29, 1.82) is 0 Å². The van der Waals surface area contributed by atoms with Gasteiger partial charge in [-0.2, -0.15) is 13.2 Å². The molecule has 9 heteroatoms. The summed E-state index contributed by atoms with van der Waals surface area (Å²) in [4.78, 5) is 27.7. The molecule has 0 spiro atoms. The molecule has 29 heavy (non-hydrogen) atoms. The van der Waals surface area contributed by atoms with Gasteiger partial charge in [0.15, 0.2) is 0 Å². The average molecular weight is 414 g/mol. The number of alkyl halides is 3. The Morgan fingerprint density at radius 2 is 1.93 bits per heavy atom. The number of esters is 1. The summed E-state index contributed by atoms with van der Waals surface area (Å²) in [6.07, 6.45) is -4.79. The summed E-state index contributed by atoms with van der Waals surface area (Å²) in [5.41, 5.74) is -0.133. The number of halogens is 3. The number of amides is 1. The monoisotopic (exact) mass is 414 g/mol. The predicted molar refractivity (Wildman–Crippen MR) is 98.1 cm³/mol. The fourth-order valence-corrected chi connectivity index (χ4v) is 4.01. The summed E-state index contributed by atoms with van der Waals surface area (Å²) in [7, 11) is 1.21. The Bertz CT molecular complexity index is 735. The summed E-state index contributed by atoms with van der Waals surface area (Å²) in [5, 5.41) is 0. The number of rotatable bonds is 5. The van der Waals surface area contributed by atoms with Gasteiger partial charge in [0, 0.05) is 38.6 Å². The maximum atomic E-state index is 13.2. The van der Waals surface area contributed by atoms with Crippen molar-refractivity contribution in [2.24, 2.45) is 5.92 Å². The van der Waals surface area contributed by atoms with E-state index in [0.29, 0.717) is 31.9 Å². The molecule has 1 aromatic rings. The third-order valence-electron chi connectivity index (χ3n) is 5.56. The zero-order valence-corrected chi connectivity index (χ0v) is 16.3. The highest BCUT2D eigenvalue weighted by Gasteiger charge is 2.39. The molecule has 2 aliphatic rings. The third-order valence-corrected chi connectivity index (χ3v) is 5.56. The smallest absolute Gasteiger partial charge is 0.416 e. The van der Waals surface area contributed by atoms with Gasteiger partial charge in [-0.15, -0.1) is 0 Å². The first-order valence-electron chi connectivity index (χ1n) is 9.59. The van der Waals surface area contributed by atoms with Crippen LogP contribution in [0.3, 0.4) is 0 Å². The van der Waals surface area contributed by atoms with E-state index in [0.717, 1.165) is 19.2 Å². The summed E-state index contributed by atoms with van der Waals surface area (Å²) in [5.74, 6) is -1.25. The zero-order valence-electron chi connectivity index (χ0n) is 16.3. The van der Waals surface area contributed by atoms with E-state index in [-0.39, 0.29) is 30.7 Å². The molecule has 2 fully saturated rings. The normalized spacial score (nSPS) is 23.2.